The van der Waals surface area contributed by atoms with E-state index >= 15 is 0 Å². The van der Waals surface area contributed by atoms with E-state index in [-0.39, 0.29) is 11.4 Å². The lowest BCUT2D eigenvalue weighted by Crippen LogP contribution is -2.50. The van der Waals surface area contributed by atoms with E-state index < -0.39 is 0 Å². The van der Waals surface area contributed by atoms with Crippen LogP contribution in [0.1, 0.15) is 64.7 Å². The predicted molar refractivity (Wildman–Crippen MR) is 87.4 cm³/mol. The van der Waals surface area contributed by atoms with Crippen LogP contribution < -0.4 is 10.6 Å². The van der Waals surface area contributed by atoms with E-state index in [2.05, 4.69) is 22.5 Å². The molecule has 1 amide bonds. The fourth-order valence-corrected chi connectivity index (χ4v) is 3.86. The second kappa shape index (κ2) is 8.14. The smallest absolute Gasteiger partial charge is 0.221 e. The van der Waals surface area contributed by atoms with Crippen molar-refractivity contribution in [1.29, 1.82) is 0 Å². The number of rotatable bonds is 6. The topological polar surface area (TPSA) is 44.4 Å². The molecule has 1 saturated heterocycles. The van der Waals surface area contributed by atoms with Crippen LogP contribution >= 0.6 is 0 Å². The minimum absolute atomic E-state index is 0.0523. The number of carbonyl (C=O) groups excluding carboxylic acids is 1. The highest BCUT2D eigenvalue weighted by Gasteiger charge is 2.32. The van der Waals surface area contributed by atoms with Crippen molar-refractivity contribution in [3.8, 4) is 0 Å². The summed E-state index contributed by atoms with van der Waals surface area (Å²) in [6.45, 7) is 5.41. The van der Waals surface area contributed by atoms with Crippen LogP contribution in [0.3, 0.4) is 0 Å². The van der Waals surface area contributed by atoms with Gasteiger partial charge < -0.3 is 10.6 Å². The Bertz CT molecular complexity index is 320. The van der Waals surface area contributed by atoms with Gasteiger partial charge in [0.05, 0.1) is 0 Å². The lowest BCUT2D eigenvalue weighted by molar-refractivity contribution is -0.123. The number of nitrogens with zero attached hydrogens (tertiary/aromatic N) is 1. The number of hydrogen-bond acceptors (Lipinski definition) is 3. The van der Waals surface area contributed by atoms with Crippen LogP contribution in [0.4, 0.5) is 0 Å². The Morgan fingerprint density at radius 1 is 1.10 bits per heavy atom. The molecule has 0 radical (unpaired) electrons. The molecule has 1 aliphatic carbocycles. The number of hydrogen-bond donors (Lipinski definition) is 2. The second-order valence-corrected chi connectivity index (χ2v) is 7.02. The van der Waals surface area contributed by atoms with Gasteiger partial charge >= 0.3 is 0 Å². The Morgan fingerprint density at radius 2 is 1.71 bits per heavy atom. The number of amides is 1. The van der Waals surface area contributed by atoms with Crippen LogP contribution in [0.5, 0.6) is 0 Å². The van der Waals surface area contributed by atoms with E-state index in [4.69, 9.17) is 0 Å². The third kappa shape index (κ3) is 4.96. The normalized spacial score (nSPS) is 24.5. The number of likely N-dealkylation sites (tertiary alicyclic amines) is 1. The van der Waals surface area contributed by atoms with Gasteiger partial charge in [0.25, 0.3) is 0 Å². The Kier molecular flexibility index (Phi) is 6.49. The number of nitrogens with one attached hydrogen (secondary N) is 2. The lowest BCUT2D eigenvalue weighted by Gasteiger charge is -2.37. The first-order chi connectivity index (χ1) is 10.2. The molecule has 0 spiro atoms. The van der Waals surface area contributed by atoms with Crippen molar-refractivity contribution in [2.24, 2.45) is 0 Å². The maximum Gasteiger partial charge on any atom is 0.221 e. The van der Waals surface area contributed by atoms with Gasteiger partial charge in [0, 0.05) is 24.5 Å². The van der Waals surface area contributed by atoms with Gasteiger partial charge in [0.2, 0.25) is 5.91 Å². The third-order valence-corrected chi connectivity index (χ3v) is 5.45. The molecule has 21 heavy (non-hydrogen) atoms. The summed E-state index contributed by atoms with van der Waals surface area (Å²) >= 11 is 0. The van der Waals surface area contributed by atoms with Gasteiger partial charge in [-0.25, -0.2) is 0 Å². The number of piperidine rings is 1. The molecule has 1 heterocycles. The van der Waals surface area contributed by atoms with Crippen LogP contribution in [0.15, 0.2) is 0 Å². The van der Waals surface area contributed by atoms with E-state index in [9.17, 15) is 4.79 Å². The largest absolute Gasteiger partial charge is 0.354 e. The van der Waals surface area contributed by atoms with Gasteiger partial charge in [0.15, 0.2) is 0 Å². The van der Waals surface area contributed by atoms with E-state index in [0.717, 1.165) is 19.4 Å². The van der Waals surface area contributed by atoms with Gasteiger partial charge in [-0.15, -0.1) is 0 Å². The Labute approximate surface area is 130 Å². The molecule has 0 aromatic heterocycles. The first kappa shape index (κ1) is 16.8. The highest BCUT2D eigenvalue weighted by Crippen LogP contribution is 2.30. The van der Waals surface area contributed by atoms with E-state index in [1.165, 1.54) is 51.6 Å². The van der Waals surface area contributed by atoms with Crippen LogP contribution in [-0.4, -0.2) is 49.1 Å². The quantitative estimate of drug-likeness (QED) is 0.790. The van der Waals surface area contributed by atoms with Crippen molar-refractivity contribution < 1.29 is 4.79 Å². The molecule has 0 bridgehead atoms. The predicted octanol–water partition coefficient (Wildman–Crippen LogP) is 2.29. The van der Waals surface area contributed by atoms with Gasteiger partial charge in [-0.1, -0.05) is 25.7 Å². The first-order valence-corrected chi connectivity index (χ1v) is 8.85. The van der Waals surface area contributed by atoms with Crippen molar-refractivity contribution >= 4 is 5.91 Å². The fourth-order valence-electron chi connectivity index (χ4n) is 3.86. The van der Waals surface area contributed by atoms with Crippen molar-refractivity contribution in [2.45, 2.75) is 76.3 Å². The second-order valence-electron chi connectivity index (χ2n) is 7.02. The summed E-state index contributed by atoms with van der Waals surface area (Å²) in [5.74, 6) is 0.218. The van der Waals surface area contributed by atoms with Crippen LogP contribution in [-0.2, 0) is 4.79 Å². The van der Waals surface area contributed by atoms with Gasteiger partial charge in [-0.2, -0.15) is 0 Å². The lowest BCUT2D eigenvalue weighted by atomic mass is 9.79. The molecular weight excluding hydrogens is 262 g/mol. The molecule has 1 aliphatic heterocycles. The van der Waals surface area contributed by atoms with Crippen LogP contribution in [0.25, 0.3) is 0 Å². The molecule has 0 aromatic carbocycles. The summed E-state index contributed by atoms with van der Waals surface area (Å²) in [7, 11) is 2.01. The molecule has 122 valence electrons. The molecule has 1 atom stereocenters. The zero-order valence-corrected chi connectivity index (χ0v) is 13.9. The SMILES string of the molecule is CNC1(CC(=O)NCC(C)N2CCCCC2)CCCCC1. The molecule has 2 aliphatic rings. The van der Waals surface area contributed by atoms with Gasteiger partial charge in [-0.3, -0.25) is 9.69 Å². The molecule has 0 aromatic rings. The molecule has 4 heteroatoms. The third-order valence-electron chi connectivity index (χ3n) is 5.45. The molecule has 1 unspecified atom stereocenters. The standard InChI is InChI=1S/C17H33N3O/c1-15(20-11-7-4-8-12-20)14-19-16(21)13-17(18-2)9-5-3-6-10-17/h15,18H,3-14H2,1-2H3,(H,19,21). The average Bonchev–Trinajstić information content (AvgIpc) is 2.54. The highest BCUT2D eigenvalue weighted by molar-refractivity contribution is 5.77. The molecule has 2 N–H and O–H groups in total. The fraction of sp³-hybridized carbons (Fsp3) is 0.941. The average molecular weight is 295 g/mol. The van der Waals surface area contributed by atoms with Crippen molar-refractivity contribution in [2.75, 3.05) is 26.7 Å². The van der Waals surface area contributed by atoms with Crippen molar-refractivity contribution in [3.05, 3.63) is 0 Å². The molecule has 1 saturated carbocycles. The maximum atomic E-state index is 12.3. The van der Waals surface area contributed by atoms with Gasteiger partial charge in [0.1, 0.15) is 0 Å². The molecular formula is C17H33N3O. The molecule has 4 nitrogen and oxygen atoms in total. The van der Waals surface area contributed by atoms with E-state index in [1.807, 2.05) is 7.05 Å². The van der Waals surface area contributed by atoms with Gasteiger partial charge in [-0.05, 0) is 52.7 Å². The Balaban J connectivity index is 1.73. The maximum absolute atomic E-state index is 12.3. The summed E-state index contributed by atoms with van der Waals surface area (Å²) in [5.41, 5.74) is 0.0523. The zero-order valence-electron chi connectivity index (χ0n) is 13.9. The summed E-state index contributed by atoms with van der Waals surface area (Å²) in [6, 6.07) is 0.464. The van der Waals surface area contributed by atoms with Crippen molar-refractivity contribution in [1.82, 2.24) is 15.5 Å². The van der Waals surface area contributed by atoms with E-state index in [0.29, 0.717) is 12.5 Å². The summed E-state index contributed by atoms with van der Waals surface area (Å²) < 4.78 is 0. The Morgan fingerprint density at radius 3 is 2.33 bits per heavy atom. The Hall–Kier alpha value is -0.610. The number of carbonyl (C=O) groups is 1. The highest BCUT2D eigenvalue weighted by atomic mass is 16.1. The summed E-state index contributed by atoms with van der Waals surface area (Å²) in [5, 5.41) is 6.59. The molecule has 2 fully saturated rings. The summed E-state index contributed by atoms with van der Waals surface area (Å²) in [4.78, 5) is 14.8. The monoisotopic (exact) mass is 295 g/mol. The minimum atomic E-state index is 0.0523. The summed E-state index contributed by atoms with van der Waals surface area (Å²) in [6.07, 6.45) is 10.7. The molecule has 2 rings (SSSR count). The van der Waals surface area contributed by atoms with Crippen molar-refractivity contribution in [3.63, 3.8) is 0 Å². The zero-order chi connectivity index (χ0) is 15.1. The minimum Gasteiger partial charge on any atom is -0.354 e. The van der Waals surface area contributed by atoms with E-state index in [1.54, 1.807) is 0 Å². The van der Waals surface area contributed by atoms with Crippen LogP contribution in [0, 0.1) is 0 Å². The van der Waals surface area contributed by atoms with Crippen LogP contribution in [0.2, 0.25) is 0 Å². The first-order valence-electron chi connectivity index (χ1n) is 8.85.